The molecule has 1 unspecified atom stereocenters. The fraction of sp³-hybridized carbons (Fsp3) is 0.500. The van der Waals surface area contributed by atoms with Crippen LogP contribution in [0.1, 0.15) is 27.2 Å². The van der Waals surface area contributed by atoms with Gasteiger partial charge < -0.3 is 10.2 Å². The number of anilines is 1. The van der Waals surface area contributed by atoms with Crippen LogP contribution in [0.5, 0.6) is 0 Å². The lowest BCUT2D eigenvalue weighted by Gasteiger charge is -2.27. The summed E-state index contributed by atoms with van der Waals surface area (Å²) >= 11 is 0. The van der Waals surface area contributed by atoms with Crippen molar-refractivity contribution in [2.45, 2.75) is 33.2 Å². The second kappa shape index (κ2) is 6.94. The van der Waals surface area contributed by atoms with Crippen molar-refractivity contribution in [1.29, 1.82) is 0 Å². The molecular formula is C14H22N2O. The molecule has 94 valence electrons. The SMILES string of the molecule is CCN(C(C)=O)C(C)CCNc1ccccc1. The first-order valence-corrected chi connectivity index (χ1v) is 6.21. The maximum atomic E-state index is 11.4. The zero-order valence-corrected chi connectivity index (χ0v) is 10.9. The smallest absolute Gasteiger partial charge is 0.219 e. The largest absolute Gasteiger partial charge is 0.385 e. The summed E-state index contributed by atoms with van der Waals surface area (Å²) in [5.74, 6) is 0.153. The molecule has 1 rings (SSSR count). The molecule has 3 nitrogen and oxygen atoms in total. The molecule has 0 bridgehead atoms. The first kappa shape index (κ1) is 13.6. The average molecular weight is 234 g/mol. The number of hydrogen-bond acceptors (Lipinski definition) is 2. The number of nitrogens with one attached hydrogen (secondary N) is 1. The van der Waals surface area contributed by atoms with Gasteiger partial charge in [0.15, 0.2) is 0 Å². The molecule has 0 aliphatic rings. The third kappa shape index (κ3) is 4.47. The molecule has 0 heterocycles. The highest BCUT2D eigenvalue weighted by atomic mass is 16.2. The Kier molecular flexibility index (Phi) is 5.53. The highest BCUT2D eigenvalue weighted by Crippen LogP contribution is 2.08. The maximum absolute atomic E-state index is 11.4. The van der Waals surface area contributed by atoms with Crippen molar-refractivity contribution in [3.8, 4) is 0 Å². The zero-order chi connectivity index (χ0) is 12.7. The van der Waals surface area contributed by atoms with Gasteiger partial charge in [0.1, 0.15) is 0 Å². The van der Waals surface area contributed by atoms with Gasteiger partial charge in [-0.3, -0.25) is 4.79 Å². The minimum Gasteiger partial charge on any atom is -0.385 e. The van der Waals surface area contributed by atoms with Crippen molar-refractivity contribution in [3.05, 3.63) is 30.3 Å². The Labute approximate surface area is 104 Å². The molecule has 0 saturated carbocycles. The topological polar surface area (TPSA) is 32.3 Å². The van der Waals surface area contributed by atoms with Gasteiger partial charge in [-0.1, -0.05) is 18.2 Å². The van der Waals surface area contributed by atoms with Crippen LogP contribution in [0, 0.1) is 0 Å². The first-order chi connectivity index (χ1) is 8.15. The van der Waals surface area contributed by atoms with Gasteiger partial charge in [0.2, 0.25) is 5.91 Å². The van der Waals surface area contributed by atoms with E-state index in [9.17, 15) is 4.79 Å². The standard InChI is InChI=1S/C14H22N2O/c1-4-16(13(3)17)12(2)10-11-15-14-8-6-5-7-9-14/h5-9,12,15H,4,10-11H2,1-3H3. The Bertz CT molecular complexity index is 337. The van der Waals surface area contributed by atoms with E-state index in [0.29, 0.717) is 0 Å². The third-order valence-corrected chi connectivity index (χ3v) is 2.94. The average Bonchev–Trinajstić information content (AvgIpc) is 2.30. The number of carbonyl (C=O) groups excluding carboxylic acids is 1. The van der Waals surface area contributed by atoms with Gasteiger partial charge in [-0.15, -0.1) is 0 Å². The van der Waals surface area contributed by atoms with Crippen molar-refractivity contribution < 1.29 is 4.79 Å². The normalized spacial score (nSPS) is 11.9. The summed E-state index contributed by atoms with van der Waals surface area (Å²) in [6.07, 6.45) is 0.961. The van der Waals surface area contributed by atoms with Crippen LogP contribution in [0.4, 0.5) is 5.69 Å². The van der Waals surface area contributed by atoms with E-state index < -0.39 is 0 Å². The van der Waals surface area contributed by atoms with E-state index in [-0.39, 0.29) is 11.9 Å². The molecule has 1 amide bonds. The molecule has 17 heavy (non-hydrogen) atoms. The molecule has 0 spiro atoms. The molecular weight excluding hydrogens is 212 g/mol. The van der Waals surface area contributed by atoms with E-state index >= 15 is 0 Å². The van der Waals surface area contributed by atoms with Crippen LogP contribution in [0.2, 0.25) is 0 Å². The Morgan fingerprint density at radius 3 is 2.53 bits per heavy atom. The molecule has 1 aromatic carbocycles. The molecule has 0 saturated heterocycles. The van der Waals surface area contributed by atoms with Crippen LogP contribution >= 0.6 is 0 Å². The highest BCUT2D eigenvalue weighted by Gasteiger charge is 2.13. The fourth-order valence-electron chi connectivity index (χ4n) is 1.98. The fourth-order valence-corrected chi connectivity index (χ4v) is 1.98. The molecule has 0 aliphatic carbocycles. The highest BCUT2D eigenvalue weighted by molar-refractivity contribution is 5.73. The number of amides is 1. The number of carbonyl (C=O) groups is 1. The van der Waals surface area contributed by atoms with Gasteiger partial charge in [0.25, 0.3) is 0 Å². The summed E-state index contributed by atoms with van der Waals surface area (Å²) in [6, 6.07) is 10.4. The van der Waals surface area contributed by atoms with Gasteiger partial charge >= 0.3 is 0 Å². The second-order valence-corrected chi connectivity index (χ2v) is 4.24. The van der Waals surface area contributed by atoms with Gasteiger partial charge in [0.05, 0.1) is 0 Å². The van der Waals surface area contributed by atoms with E-state index in [1.54, 1.807) is 6.92 Å². The Hall–Kier alpha value is -1.51. The van der Waals surface area contributed by atoms with Crippen LogP contribution < -0.4 is 5.32 Å². The zero-order valence-electron chi connectivity index (χ0n) is 10.9. The lowest BCUT2D eigenvalue weighted by Crippen LogP contribution is -2.37. The summed E-state index contributed by atoms with van der Waals surface area (Å²) in [7, 11) is 0. The lowest BCUT2D eigenvalue weighted by atomic mass is 10.2. The molecule has 1 atom stereocenters. The van der Waals surface area contributed by atoms with E-state index in [1.807, 2.05) is 42.2 Å². The van der Waals surface area contributed by atoms with Gasteiger partial charge in [-0.05, 0) is 32.4 Å². The number of nitrogens with zero attached hydrogens (tertiary/aromatic N) is 1. The Balaban J connectivity index is 2.33. The van der Waals surface area contributed by atoms with Crippen molar-refractivity contribution in [3.63, 3.8) is 0 Å². The molecule has 0 fully saturated rings. The van der Waals surface area contributed by atoms with Crippen molar-refractivity contribution in [2.75, 3.05) is 18.4 Å². The number of benzene rings is 1. The summed E-state index contributed by atoms with van der Waals surface area (Å²) < 4.78 is 0. The van der Waals surface area contributed by atoms with Gasteiger partial charge in [-0.25, -0.2) is 0 Å². The van der Waals surface area contributed by atoms with Crippen molar-refractivity contribution in [2.24, 2.45) is 0 Å². The first-order valence-electron chi connectivity index (χ1n) is 6.21. The van der Waals surface area contributed by atoms with Crippen LogP contribution in [0.25, 0.3) is 0 Å². The number of rotatable bonds is 6. The minimum absolute atomic E-state index is 0.153. The Morgan fingerprint density at radius 2 is 2.00 bits per heavy atom. The number of para-hydroxylation sites is 1. The van der Waals surface area contributed by atoms with Crippen molar-refractivity contribution >= 4 is 11.6 Å². The summed E-state index contributed by atoms with van der Waals surface area (Å²) in [4.78, 5) is 13.3. The minimum atomic E-state index is 0.153. The Morgan fingerprint density at radius 1 is 1.35 bits per heavy atom. The molecule has 1 N–H and O–H groups in total. The molecule has 3 heteroatoms. The molecule has 0 radical (unpaired) electrons. The van der Waals surface area contributed by atoms with Gasteiger partial charge in [-0.2, -0.15) is 0 Å². The monoisotopic (exact) mass is 234 g/mol. The van der Waals surface area contributed by atoms with Crippen LogP contribution in [0.3, 0.4) is 0 Å². The molecule has 0 aliphatic heterocycles. The van der Waals surface area contributed by atoms with E-state index in [2.05, 4.69) is 12.2 Å². The van der Waals surface area contributed by atoms with E-state index in [1.165, 1.54) is 0 Å². The van der Waals surface area contributed by atoms with E-state index in [0.717, 1.165) is 25.2 Å². The van der Waals surface area contributed by atoms with Crippen LogP contribution in [-0.2, 0) is 4.79 Å². The maximum Gasteiger partial charge on any atom is 0.219 e. The van der Waals surface area contributed by atoms with Crippen molar-refractivity contribution in [1.82, 2.24) is 4.90 Å². The predicted octanol–water partition coefficient (Wildman–Crippen LogP) is 2.75. The molecule has 1 aromatic rings. The summed E-state index contributed by atoms with van der Waals surface area (Å²) in [6.45, 7) is 7.40. The second-order valence-electron chi connectivity index (χ2n) is 4.24. The summed E-state index contributed by atoms with van der Waals surface area (Å²) in [5, 5.41) is 3.36. The molecule has 0 aromatic heterocycles. The lowest BCUT2D eigenvalue weighted by molar-refractivity contribution is -0.130. The third-order valence-electron chi connectivity index (χ3n) is 2.94. The quantitative estimate of drug-likeness (QED) is 0.821. The van der Waals surface area contributed by atoms with Crippen LogP contribution in [-0.4, -0.2) is 29.9 Å². The predicted molar refractivity (Wildman–Crippen MR) is 72.1 cm³/mol. The van der Waals surface area contributed by atoms with Crippen LogP contribution in [0.15, 0.2) is 30.3 Å². The van der Waals surface area contributed by atoms with Gasteiger partial charge in [0, 0.05) is 31.7 Å². The summed E-state index contributed by atoms with van der Waals surface area (Å²) in [5.41, 5.74) is 1.13. The van der Waals surface area contributed by atoms with E-state index in [4.69, 9.17) is 0 Å². The number of hydrogen-bond donors (Lipinski definition) is 1.